The van der Waals surface area contributed by atoms with Crippen molar-refractivity contribution in [2.75, 3.05) is 0 Å². The average molecular weight is 314 g/mol. The molecular weight excluding hydrogens is 284 g/mol. The van der Waals surface area contributed by atoms with Gasteiger partial charge in [0.2, 0.25) is 5.91 Å². The van der Waals surface area contributed by atoms with E-state index in [1.54, 1.807) is 0 Å². The molecule has 3 N–H and O–H groups in total. The first-order valence-corrected chi connectivity index (χ1v) is 9.28. The lowest BCUT2D eigenvalue weighted by Gasteiger charge is -2.45. The van der Waals surface area contributed by atoms with Gasteiger partial charge in [0.25, 0.3) is 0 Å². The van der Waals surface area contributed by atoms with Gasteiger partial charge in [-0.15, -0.1) is 0 Å². The minimum atomic E-state index is 0.210. The second-order valence-electron chi connectivity index (χ2n) is 7.45. The fourth-order valence-electron chi connectivity index (χ4n) is 4.48. The highest BCUT2D eigenvalue weighted by molar-refractivity contribution is 5.76. The average Bonchev–Trinajstić information content (AvgIpc) is 2.54. The summed E-state index contributed by atoms with van der Waals surface area (Å²) in [6, 6.07) is 9.36. The van der Waals surface area contributed by atoms with Crippen LogP contribution in [0.2, 0.25) is 0 Å². The number of benzene rings is 1. The number of hydrogen-bond donors (Lipinski definition) is 2. The van der Waals surface area contributed by atoms with Crippen molar-refractivity contribution < 1.29 is 4.79 Å². The molecule has 23 heavy (non-hydrogen) atoms. The predicted octanol–water partition coefficient (Wildman–Crippen LogP) is 3.20. The predicted molar refractivity (Wildman–Crippen MR) is 94.1 cm³/mol. The highest BCUT2D eigenvalue weighted by atomic mass is 16.1. The Balaban J connectivity index is 1.50. The van der Waals surface area contributed by atoms with E-state index in [0.717, 1.165) is 25.7 Å². The Bertz CT molecular complexity index is 511. The van der Waals surface area contributed by atoms with E-state index in [4.69, 9.17) is 5.73 Å². The van der Waals surface area contributed by atoms with Crippen molar-refractivity contribution in [1.29, 1.82) is 0 Å². The summed E-state index contributed by atoms with van der Waals surface area (Å²) in [7, 11) is 0. The molecule has 2 aliphatic carbocycles. The Labute approximate surface area is 140 Å². The van der Waals surface area contributed by atoms with Gasteiger partial charge in [-0.25, -0.2) is 0 Å². The van der Waals surface area contributed by atoms with E-state index >= 15 is 0 Å². The van der Waals surface area contributed by atoms with Crippen LogP contribution in [0.3, 0.4) is 0 Å². The lowest BCUT2D eigenvalue weighted by molar-refractivity contribution is -0.123. The van der Waals surface area contributed by atoms with Gasteiger partial charge in [0.15, 0.2) is 0 Å². The molecule has 0 spiro atoms. The van der Waals surface area contributed by atoms with Crippen LogP contribution in [0, 0.1) is 11.8 Å². The quantitative estimate of drug-likeness (QED) is 0.877. The van der Waals surface area contributed by atoms with E-state index < -0.39 is 0 Å². The third-order valence-corrected chi connectivity index (χ3v) is 5.78. The summed E-state index contributed by atoms with van der Waals surface area (Å²) < 4.78 is 0. The number of fused-ring (bicyclic) bond motifs is 2. The van der Waals surface area contributed by atoms with E-state index in [2.05, 4.69) is 36.5 Å². The smallest absolute Gasteiger partial charge is 0.220 e. The highest BCUT2D eigenvalue weighted by Crippen LogP contribution is 2.39. The first-order valence-electron chi connectivity index (χ1n) is 9.28. The van der Waals surface area contributed by atoms with Gasteiger partial charge in [0, 0.05) is 18.5 Å². The van der Waals surface area contributed by atoms with Crippen molar-refractivity contribution >= 4 is 5.91 Å². The summed E-state index contributed by atoms with van der Waals surface area (Å²) in [6.07, 6.45) is 8.41. The highest BCUT2D eigenvalue weighted by Gasteiger charge is 2.39. The van der Waals surface area contributed by atoms with Crippen LogP contribution in [-0.4, -0.2) is 18.0 Å². The fraction of sp³-hybridized carbons (Fsp3) is 0.650. The molecule has 2 saturated carbocycles. The molecule has 0 aliphatic heterocycles. The number of amides is 1. The molecule has 0 heterocycles. The molecule has 2 unspecified atom stereocenters. The summed E-state index contributed by atoms with van der Waals surface area (Å²) in [5.74, 6) is 1.41. The molecule has 2 atom stereocenters. The molecule has 2 bridgehead atoms. The lowest BCUT2D eigenvalue weighted by atomic mass is 9.67. The summed E-state index contributed by atoms with van der Waals surface area (Å²) in [4.78, 5) is 12.4. The van der Waals surface area contributed by atoms with E-state index in [1.807, 2.05) is 0 Å². The van der Waals surface area contributed by atoms with E-state index in [-0.39, 0.29) is 5.91 Å². The second kappa shape index (κ2) is 7.48. The first-order chi connectivity index (χ1) is 11.2. The van der Waals surface area contributed by atoms with Crippen LogP contribution in [0.4, 0.5) is 0 Å². The maximum Gasteiger partial charge on any atom is 0.220 e. The Morgan fingerprint density at radius 3 is 2.35 bits per heavy atom. The van der Waals surface area contributed by atoms with Gasteiger partial charge >= 0.3 is 0 Å². The van der Waals surface area contributed by atoms with E-state index in [9.17, 15) is 4.79 Å². The largest absolute Gasteiger partial charge is 0.353 e. The second-order valence-corrected chi connectivity index (χ2v) is 7.45. The summed E-state index contributed by atoms with van der Waals surface area (Å²) in [5, 5.41) is 3.34. The Morgan fingerprint density at radius 1 is 1.13 bits per heavy atom. The standard InChI is InChI=1S/C20H30N2O/c1-2-14-6-8-15(9-7-14)10-11-19(23)22-20-16-4-3-5-17(20)13-18(21)12-16/h6-9,16-18,20H,2-5,10-13,21H2,1H3,(H,22,23). The van der Waals surface area contributed by atoms with Gasteiger partial charge in [0.1, 0.15) is 0 Å². The van der Waals surface area contributed by atoms with Crippen LogP contribution in [0.1, 0.15) is 56.6 Å². The lowest BCUT2D eigenvalue weighted by Crippen LogP contribution is -2.53. The molecule has 3 nitrogen and oxygen atoms in total. The van der Waals surface area contributed by atoms with E-state index in [0.29, 0.717) is 30.3 Å². The number of rotatable bonds is 5. The van der Waals surface area contributed by atoms with Crippen LogP contribution in [0.5, 0.6) is 0 Å². The number of nitrogens with one attached hydrogen (secondary N) is 1. The summed E-state index contributed by atoms with van der Waals surface area (Å²) in [5.41, 5.74) is 8.77. The van der Waals surface area contributed by atoms with Crippen LogP contribution in [0.15, 0.2) is 24.3 Å². The Kier molecular flexibility index (Phi) is 5.37. The van der Waals surface area contributed by atoms with Crippen molar-refractivity contribution in [3.05, 3.63) is 35.4 Å². The monoisotopic (exact) mass is 314 g/mol. The molecule has 0 saturated heterocycles. The molecule has 1 aromatic carbocycles. The number of nitrogens with two attached hydrogens (primary N) is 1. The normalized spacial score (nSPS) is 30.0. The van der Waals surface area contributed by atoms with Crippen molar-refractivity contribution in [3.8, 4) is 0 Å². The van der Waals surface area contributed by atoms with Crippen LogP contribution < -0.4 is 11.1 Å². The van der Waals surface area contributed by atoms with Gasteiger partial charge in [-0.1, -0.05) is 37.6 Å². The molecule has 126 valence electrons. The van der Waals surface area contributed by atoms with Gasteiger partial charge in [-0.2, -0.15) is 0 Å². The van der Waals surface area contributed by atoms with Gasteiger partial charge in [0.05, 0.1) is 0 Å². The first kappa shape index (κ1) is 16.5. The third kappa shape index (κ3) is 4.14. The van der Waals surface area contributed by atoms with Crippen LogP contribution in [0.25, 0.3) is 0 Å². The molecule has 3 rings (SSSR count). The topological polar surface area (TPSA) is 55.1 Å². The van der Waals surface area contributed by atoms with Crippen molar-refractivity contribution in [2.24, 2.45) is 17.6 Å². The zero-order valence-corrected chi connectivity index (χ0v) is 14.3. The molecule has 1 aromatic rings. The number of hydrogen-bond acceptors (Lipinski definition) is 2. The molecular formula is C20H30N2O. The molecule has 0 aromatic heterocycles. The molecule has 2 fully saturated rings. The van der Waals surface area contributed by atoms with Crippen molar-refractivity contribution in [2.45, 2.75) is 70.4 Å². The van der Waals surface area contributed by atoms with Crippen molar-refractivity contribution in [1.82, 2.24) is 5.32 Å². The van der Waals surface area contributed by atoms with Gasteiger partial charge in [-0.3, -0.25) is 4.79 Å². The number of aryl methyl sites for hydroxylation is 2. The van der Waals surface area contributed by atoms with Gasteiger partial charge < -0.3 is 11.1 Å². The molecule has 0 radical (unpaired) electrons. The Hall–Kier alpha value is -1.35. The SMILES string of the molecule is CCc1ccc(CCC(=O)NC2C3CCCC2CC(N)C3)cc1. The maximum atomic E-state index is 12.4. The molecule has 3 heteroatoms. The van der Waals surface area contributed by atoms with Gasteiger partial charge in [-0.05, 0) is 61.5 Å². The number of carbonyl (C=O) groups excluding carboxylic acids is 1. The molecule has 2 aliphatic rings. The van der Waals surface area contributed by atoms with Crippen LogP contribution >= 0.6 is 0 Å². The fourth-order valence-corrected chi connectivity index (χ4v) is 4.48. The van der Waals surface area contributed by atoms with Crippen LogP contribution in [-0.2, 0) is 17.6 Å². The Morgan fingerprint density at radius 2 is 1.74 bits per heavy atom. The van der Waals surface area contributed by atoms with E-state index in [1.165, 1.54) is 30.4 Å². The number of carbonyl (C=O) groups is 1. The maximum absolute atomic E-state index is 12.4. The third-order valence-electron chi connectivity index (χ3n) is 5.78. The molecule has 1 amide bonds. The zero-order chi connectivity index (χ0) is 16.2. The zero-order valence-electron chi connectivity index (χ0n) is 14.3. The van der Waals surface area contributed by atoms with Crippen molar-refractivity contribution in [3.63, 3.8) is 0 Å². The minimum absolute atomic E-state index is 0.210. The minimum Gasteiger partial charge on any atom is -0.353 e. The summed E-state index contributed by atoms with van der Waals surface area (Å²) in [6.45, 7) is 2.16. The summed E-state index contributed by atoms with van der Waals surface area (Å²) >= 11 is 0.